The van der Waals surface area contributed by atoms with E-state index in [1.54, 1.807) is 37.6 Å². The maximum atomic E-state index is 12.8. The van der Waals surface area contributed by atoms with Crippen molar-refractivity contribution in [3.63, 3.8) is 0 Å². The van der Waals surface area contributed by atoms with Crippen LogP contribution in [0.4, 0.5) is 0 Å². The minimum absolute atomic E-state index is 0.0115. The number of carbonyl (C=O) groups is 1. The number of aliphatic hydroxyl groups excluding tert-OH is 1. The van der Waals surface area contributed by atoms with Gasteiger partial charge in [-0.25, -0.2) is 9.67 Å². The highest BCUT2D eigenvalue weighted by Gasteiger charge is 2.26. The quantitative estimate of drug-likeness (QED) is 0.316. The molecule has 2 N–H and O–H groups in total. The molecule has 0 aliphatic carbocycles. The predicted molar refractivity (Wildman–Crippen MR) is 137 cm³/mol. The highest BCUT2D eigenvalue weighted by Crippen LogP contribution is 2.23. The first-order valence-electron chi connectivity index (χ1n) is 11.8. The number of ether oxygens (including phenoxy) is 2. The van der Waals surface area contributed by atoms with Gasteiger partial charge in [-0.1, -0.05) is 35.5 Å². The number of benzene rings is 2. The van der Waals surface area contributed by atoms with Gasteiger partial charge in [-0.15, -0.1) is 5.10 Å². The molecule has 10 heteroatoms. The van der Waals surface area contributed by atoms with E-state index in [2.05, 4.69) is 15.3 Å². The summed E-state index contributed by atoms with van der Waals surface area (Å²) in [4.78, 5) is 28.9. The van der Waals surface area contributed by atoms with Crippen LogP contribution in [0.25, 0.3) is 22.0 Å². The fourth-order valence-electron chi connectivity index (χ4n) is 4.18. The second kappa shape index (κ2) is 11.6. The van der Waals surface area contributed by atoms with Crippen LogP contribution < -0.4 is 15.0 Å². The molecule has 0 aliphatic heterocycles. The second-order valence-corrected chi connectivity index (χ2v) is 8.60. The van der Waals surface area contributed by atoms with Crippen LogP contribution in [-0.4, -0.2) is 56.5 Å². The van der Waals surface area contributed by atoms with Crippen LogP contribution in [0.1, 0.15) is 18.4 Å². The van der Waals surface area contributed by atoms with Gasteiger partial charge in [-0.2, -0.15) is 0 Å². The Hall–Kier alpha value is -4.31. The Bertz CT molecular complexity index is 1420. The second-order valence-electron chi connectivity index (χ2n) is 8.60. The van der Waals surface area contributed by atoms with Crippen LogP contribution in [0.15, 0.2) is 65.6 Å². The lowest BCUT2D eigenvalue weighted by molar-refractivity contribution is -0.146. The summed E-state index contributed by atoms with van der Waals surface area (Å²) in [7, 11) is 3.04. The van der Waals surface area contributed by atoms with Crippen molar-refractivity contribution in [3.8, 4) is 22.8 Å². The molecule has 2 atom stereocenters. The molecular weight excluding hydrogens is 476 g/mol. The lowest BCUT2D eigenvalue weighted by Gasteiger charge is -2.19. The Morgan fingerprint density at radius 3 is 2.41 bits per heavy atom. The molecule has 4 rings (SSSR count). The van der Waals surface area contributed by atoms with Gasteiger partial charge < -0.3 is 19.7 Å². The van der Waals surface area contributed by atoms with Crippen molar-refractivity contribution in [2.75, 3.05) is 14.2 Å². The smallest absolute Gasteiger partial charge is 0.309 e. The number of hydrogen-bond acceptors (Lipinski definition) is 8. The van der Waals surface area contributed by atoms with E-state index in [4.69, 9.17) is 9.47 Å². The number of aliphatic hydroxyl groups is 1. The molecule has 0 radical (unpaired) electrons. The summed E-state index contributed by atoms with van der Waals surface area (Å²) in [6.45, 7) is 0.0115. The van der Waals surface area contributed by atoms with E-state index in [-0.39, 0.29) is 19.4 Å². The summed E-state index contributed by atoms with van der Waals surface area (Å²) in [6.07, 6.45) is 1.44. The number of pyridine rings is 1. The fourth-order valence-corrected chi connectivity index (χ4v) is 4.18. The van der Waals surface area contributed by atoms with E-state index in [9.17, 15) is 19.8 Å². The first kappa shape index (κ1) is 25.8. The Labute approximate surface area is 213 Å². The normalized spacial score (nSPS) is 12.7. The third kappa shape index (κ3) is 5.92. The summed E-state index contributed by atoms with van der Waals surface area (Å²) in [6, 6.07) is 16.5. The number of hydrogen-bond donors (Lipinski definition) is 2. The third-order valence-electron chi connectivity index (χ3n) is 6.33. The average molecular weight is 505 g/mol. The monoisotopic (exact) mass is 504 g/mol. The van der Waals surface area contributed by atoms with Gasteiger partial charge in [0.25, 0.3) is 5.56 Å². The Balaban J connectivity index is 1.38. The van der Waals surface area contributed by atoms with Crippen LogP contribution in [0.5, 0.6) is 11.6 Å². The molecular formula is C27H28N4O6. The van der Waals surface area contributed by atoms with Crippen molar-refractivity contribution in [3.05, 3.63) is 76.7 Å². The van der Waals surface area contributed by atoms with Crippen molar-refractivity contribution in [2.45, 2.75) is 31.9 Å². The molecule has 0 aliphatic rings. The van der Waals surface area contributed by atoms with Crippen LogP contribution >= 0.6 is 0 Å². The Morgan fingerprint density at radius 2 is 1.76 bits per heavy atom. The molecule has 10 nitrogen and oxygen atoms in total. The van der Waals surface area contributed by atoms with Gasteiger partial charge in [0.2, 0.25) is 5.88 Å². The SMILES string of the molecule is COc1ccc(-c2ccc(CCC(O)C(CCn3nnc4c(OC)cccc4c3=O)C(=O)O)cc2)cn1. The van der Waals surface area contributed by atoms with Crippen LogP contribution in [0.2, 0.25) is 0 Å². The van der Waals surface area contributed by atoms with E-state index in [0.29, 0.717) is 29.0 Å². The molecule has 0 fully saturated rings. The number of aromatic nitrogens is 4. The zero-order valence-electron chi connectivity index (χ0n) is 20.6. The number of aliphatic carboxylic acids is 1. The molecule has 2 aromatic carbocycles. The minimum atomic E-state index is -1.13. The summed E-state index contributed by atoms with van der Waals surface area (Å²) >= 11 is 0. The van der Waals surface area contributed by atoms with E-state index in [0.717, 1.165) is 21.4 Å². The average Bonchev–Trinajstić information content (AvgIpc) is 2.93. The molecule has 0 saturated carbocycles. The first-order valence-corrected chi connectivity index (χ1v) is 11.8. The Morgan fingerprint density at radius 1 is 1.00 bits per heavy atom. The molecule has 2 aromatic heterocycles. The summed E-state index contributed by atoms with van der Waals surface area (Å²) in [5.74, 6) is -1.21. The standard InChI is InChI=1S/C27H28N4O6/c1-36-23-5-3-4-21-25(23)29-30-31(26(21)33)15-14-20(27(34)35)22(32)12-8-17-6-9-18(10-7-17)19-11-13-24(37-2)28-16-19/h3-7,9-11,13,16,20,22,32H,8,12,14-15H2,1-2H3,(H,34,35). The largest absolute Gasteiger partial charge is 0.494 e. The summed E-state index contributed by atoms with van der Waals surface area (Å²) in [5, 5.41) is 28.7. The first-order chi connectivity index (χ1) is 17.9. The summed E-state index contributed by atoms with van der Waals surface area (Å²) in [5.41, 5.74) is 2.86. The highest BCUT2D eigenvalue weighted by molar-refractivity contribution is 5.83. The molecule has 0 spiro atoms. The van der Waals surface area contributed by atoms with Crippen molar-refractivity contribution in [2.24, 2.45) is 5.92 Å². The lowest BCUT2D eigenvalue weighted by atomic mass is 9.93. The molecule has 37 heavy (non-hydrogen) atoms. The molecule has 192 valence electrons. The van der Waals surface area contributed by atoms with E-state index < -0.39 is 23.6 Å². The van der Waals surface area contributed by atoms with Gasteiger partial charge in [0.15, 0.2) is 0 Å². The Kier molecular flexibility index (Phi) is 8.09. The number of methoxy groups -OCH3 is 2. The maximum Gasteiger partial charge on any atom is 0.309 e. The minimum Gasteiger partial charge on any atom is -0.494 e. The van der Waals surface area contributed by atoms with Gasteiger partial charge in [-0.3, -0.25) is 9.59 Å². The van der Waals surface area contributed by atoms with Crippen molar-refractivity contribution in [1.29, 1.82) is 0 Å². The van der Waals surface area contributed by atoms with Crippen LogP contribution in [0, 0.1) is 5.92 Å². The van der Waals surface area contributed by atoms with Gasteiger partial charge >= 0.3 is 5.97 Å². The number of fused-ring (bicyclic) bond motifs is 1. The molecule has 4 aromatic rings. The van der Waals surface area contributed by atoms with Crippen LogP contribution in [-0.2, 0) is 17.8 Å². The topological polar surface area (TPSA) is 137 Å². The molecule has 0 bridgehead atoms. The van der Waals surface area contributed by atoms with E-state index in [1.807, 2.05) is 30.3 Å². The van der Waals surface area contributed by atoms with Crippen molar-refractivity contribution >= 4 is 16.9 Å². The number of carboxylic acid groups (broad SMARTS) is 1. The number of nitrogens with zero attached hydrogens (tertiary/aromatic N) is 4. The van der Waals surface area contributed by atoms with Crippen molar-refractivity contribution < 1.29 is 24.5 Å². The van der Waals surface area contributed by atoms with Gasteiger partial charge in [0.1, 0.15) is 11.3 Å². The van der Waals surface area contributed by atoms with Crippen LogP contribution in [0.3, 0.4) is 0 Å². The van der Waals surface area contributed by atoms with E-state index >= 15 is 0 Å². The van der Waals surface area contributed by atoms with E-state index in [1.165, 1.54) is 7.11 Å². The van der Waals surface area contributed by atoms with Gasteiger partial charge in [0, 0.05) is 24.4 Å². The van der Waals surface area contributed by atoms with Gasteiger partial charge in [-0.05, 0) is 48.6 Å². The lowest BCUT2D eigenvalue weighted by Crippen LogP contribution is -2.32. The fraction of sp³-hybridized carbons (Fsp3) is 0.296. The maximum absolute atomic E-state index is 12.8. The number of aryl methyl sites for hydroxylation is 2. The highest BCUT2D eigenvalue weighted by atomic mass is 16.5. The molecule has 0 saturated heterocycles. The zero-order valence-corrected chi connectivity index (χ0v) is 20.6. The molecule has 2 unspecified atom stereocenters. The molecule has 0 amide bonds. The van der Waals surface area contributed by atoms with Gasteiger partial charge in [0.05, 0.1) is 31.6 Å². The third-order valence-corrected chi connectivity index (χ3v) is 6.33. The molecule has 2 heterocycles. The van der Waals surface area contributed by atoms with Crippen molar-refractivity contribution in [1.82, 2.24) is 20.0 Å². The number of rotatable bonds is 11. The number of carboxylic acids is 1. The summed E-state index contributed by atoms with van der Waals surface area (Å²) < 4.78 is 11.4. The zero-order chi connectivity index (χ0) is 26.4. The predicted octanol–water partition coefficient (Wildman–Crippen LogP) is 2.96.